The summed E-state index contributed by atoms with van der Waals surface area (Å²) in [4.78, 5) is 14.6. The van der Waals surface area contributed by atoms with E-state index in [1.165, 1.54) is 6.07 Å². The minimum absolute atomic E-state index is 0.00824. The molecule has 0 saturated heterocycles. The van der Waals surface area contributed by atoms with Crippen molar-refractivity contribution in [3.8, 4) is 5.75 Å². The van der Waals surface area contributed by atoms with E-state index < -0.39 is 5.97 Å². The summed E-state index contributed by atoms with van der Waals surface area (Å²) in [5.41, 5.74) is 0.686. The number of phenols is 1. The normalized spacial score (nSPS) is 10.0. The Kier molecular flexibility index (Phi) is 4.12. The Morgan fingerprint density at radius 1 is 1.47 bits per heavy atom. The molecule has 0 amide bonds. The molecule has 82 valence electrons. The quantitative estimate of drug-likeness (QED) is 0.591. The molecule has 0 aromatic heterocycles. The van der Waals surface area contributed by atoms with Crippen molar-refractivity contribution < 1.29 is 20.0 Å². The van der Waals surface area contributed by atoms with Crippen molar-refractivity contribution in [3.63, 3.8) is 0 Å². The minimum atomic E-state index is -0.939. The van der Waals surface area contributed by atoms with Crippen LogP contribution < -0.4 is 0 Å². The summed E-state index contributed by atoms with van der Waals surface area (Å²) in [6.07, 6.45) is 2.65. The van der Waals surface area contributed by atoms with Crippen molar-refractivity contribution in [1.29, 1.82) is 0 Å². The van der Waals surface area contributed by atoms with Crippen LogP contribution in [0.4, 0.5) is 0 Å². The van der Waals surface area contributed by atoms with Crippen LogP contribution in [0.1, 0.15) is 35.7 Å². The third kappa shape index (κ3) is 2.70. The molecule has 1 aromatic rings. The molecule has 0 aliphatic rings. The lowest BCUT2D eigenvalue weighted by Gasteiger charge is -2.06. The molecule has 2 N–H and O–H groups in total. The second kappa shape index (κ2) is 5.36. The van der Waals surface area contributed by atoms with Gasteiger partial charge in [0.05, 0.1) is 0 Å². The van der Waals surface area contributed by atoms with E-state index >= 15 is 0 Å². The monoisotopic (exact) mass is 210 g/mol. The molecular weight excluding hydrogens is 196 g/mol. The molecule has 0 fully saturated rings. The number of benzene rings is 1. The average molecular weight is 210 g/mol. The molecule has 0 saturated carbocycles. The fraction of sp³-hybridized carbons (Fsp3) is 0.364. The number of aryl methyl sites for hydroxylation is 1. The summed E-state index contributed by atoms with van der Waals surface area (Å²) >= 11 is 0. The molecular formula is C11H14O4. The number of rotatable bonds is 4. The maximum atomic E-state index is 11.0. The van der Waals surface area contributed by atoms with Crippen LogP contribution in [0.5, 0.6) is 5.75 Å². The zero-order valence-electron chi connectivity index (χ0n) is 8.56. The summed E-state index contributed by atoms with van der Waals surface area (Å²) in [6, 6.07) is 4.81. The predicted octanol–water partition coefficient (Wildman–Crippen LogP) is 2.36. The van der Waals surface area contributed by atoms with Gasteiger partial charge in [-0.05, 0) is 24.5 Å². The molecule has 15 heavy (non-hydrogen) atoms. The van der Waals surface area contributed by atoms with Gasteiger partial charge in [0.2, 0.25) is 0 Å². The van der Waals surface area contributed by atoms with Crippen LogP contribution in [0.25, 0.3) is 0 Å². The number of carbonyl (C=O) groups is 1. The van der Waals surface area contributed by atoms with Crippen molar-refractivity contribution in [2.45, 2.75) is 26.2 Å². The van der Waals surface area contributed by atoms with Crippen LogP contribution in [0.3, 0.4) is 0 Å². The van der Waals surface area contributed by atoms with E-state index in [4.69, 9.17) is 5.26 Å². The summed E-state index contributed by atoms with van der Waals surface area (Å²) in [6.45, 7) is 2.04. The van der Waals surface area contributed by atoms with Crippen LogP contribution >= 0.6 is 0 Å². The highest BCUT2D eigenvalue weighted by Crippen LogP contribution is 2.24. The van der Waals surface area contributed by atoms with Gasteiger partial charge in [0.15, 0.2) is 0 Å². The zero-order chi connectivity index (χ0) is 11.3. The van der Waals surface area contributed by atoms with Gasteiger partial charge in [-0.15, -0.1) is 0 Å². The molecule has 0 heterocycles. The summed E-state index contributed by atoms with van der Waals surface area (Å²) in [5, 5.41) is 17.9. The number of unbranched alkanes of at least 4 members (excludes halogenated alkanes) is 1. The molecule has 0 unspecified atom stereocenters. The van der Waals surface area contributed by atoms with Crippen molar-refractivity contribution in [3.05, 3.63) is 29.3 Å². The van der Waals surface area contributed by atoms with Crippen molar-refractivity contribution in [2.75, 3.05) is 0 Å². The number of aromatic hydroxyl groups is 1. The van der Waals surface area contributed by atoms with Gasteiger partial charge in [0.1, 0.15) is 11.3 Å². The fourth-order valence-electron chi connectivity index (χ4n) is 1.37. The van der Waals surface area contributed by atoms with Gasteiger partial charge in [-0.1, -0.05) is 25.5 Å². The molecule has 0 aliphatic heterocycles. The zero-order valence-corrected chi connectivity index (χ0v) is 8.56. The SMILES string of the molecule is CCCCc1cccc(C(=O)OO)c1O. The predicted molar refractivity (Wildman–Crippen MR) is 54.8 cm³/mol. The molecule has 1 aromatic carbocycles. The lowest BCUT2D eigenvalue weighted by Crippen LogP contribution is -2.03. The van der Waals surface area contributed by atoms with Crippen LogP contribution in [0, 0.1) is 0 Å². The van der Waals surface area contributed by atoms with Crippen LogP contribution in [-0.4, -0.2) is 16.3 Å². The molecule has 1 rings (SSSR count). The highest BCUT2D eigenvalue weighted by molar-refractivity contribution is 5.92. The first-order valence-corrected chi connectivity index (χ1v) is 4.87. The minimum Gasteiger partial charge on any atom is -0.507 e. The standard InChI is InChI=1S/C11H14O4/c1-2-3-5-8-6-4-7-9(10(8)12)11(13)15-14/h4,6-7,12,14H,2-3,5H2,1H3. The third-order valence-electron chi connectivity index (χ3n) is 2.22. The van der Waals surface area contributed by atoms with Crippen LogP contribution in [0.2, 0.25) is 0 Å². The Balaban J connectivity index is 2.95. The first-order chi connectivity index (χ1) is 7.20. The first kappa shape index (κ1) is 11.5. The fourth-order valence-corrected chi connectivity index (χ4v) is 1.37. The van der Waals surface area contributed by atoms with Gasteiger partial charge in [0.25, 0.3) is 0 Å². The average Bonchev–Trinajstić information content (AvgIpc) is 2.27. The van der Waals surface area contributed by atoms with Gasteiger partial charge < -0.3 is 5.11 Å². The maximum Gasteiger partial charge on any atom is 0.376 e. The largest absolute Gasteiger partial charge is 0.507 e. The van der Waals surface area contributed by atoms with E-state index in [2.05, 4.69) is 4.89 Å². The number of hydrogen-bond acceptors (Lipinski definition) is 4. The number of carbonyl (C=O) groups excluding carboxylic acids is 1. The van der Waals surface area contributed by atoms with E-state index in [-0.39, 0.29) is 11.3 Å². The van der Waals surface area contributed by atoms with Gasteiger partial charge in [-0.2, -0.15) is 5.26 Å². The Morgan fingerprint density at radius 2 is 2.20 bits per heavy atom. The smallest absolute Gasteiger partial charge is 0.376 e. The maximum absolute atomic E-state index is 11.0. The molecule has 0 spiro atoms. The number of para-hydroxylation sites is 1. The molecule has 0 atom stereocenters. The van der Waals surface area contributed by atoms with E-state index in [9.17, 15) is 9.90 Å². The van der Waals surface area contributed by atoms with E-state index in [1.807, 2.05) is 6.92 Å². The Labute approximate surface area is 88.0 Å². The molecule has 0 radical (unpaired) electrons. The Morgan fingerprint density at radius 3 is 2.80 bits per heavy atom. The van der Waals surface area contributed by atoms with Crippen LogP contribution in [-0.2, 0) is 11.3 Å². The molecule has 0 bridgehead atoms. The second-order valence-electron chi connectivity index (χ2n) is 3.30. The Bertz CT molecular complexity index is 346. The lowest BCUT2D eigenvalue weighted by atomic mass is 10.0. The highest BCUT2D eigenvalue weighted by atomic mass is 17.1. The highest BCUT2D eigenvalue weighted by Gasteiger charge is 2.14. The lowest BCUT2D eigenvalue weighted by molar-refractivity contribution is -0.182. The topological polar surface area (TPSA) is 66.8 Å². The van der Waals surface area contributed by atoms with Gasteiger partial charge in [-0.3, -0.25) is 4.89 Å². The molecule has 4 heteroatoms. The molecule has 4 nitrogen and oxygen atoms in total. The van der Waals surface area contributed by atoms with Crippen molar-refractivity contribution in [1.82, 2.24) is 0 Å². The summed E-state index contributed by atoms with van der Waals surface area (Å²) < 4.78 is 0. The van der Waals surface area contributed by atoms with Gasteiger partial charge in [0, 0.05) is 0 Å². The van der Waals surface area contributed by atoms with E-state index in [0.717, 1.165) is 12.8 Å². The Hall–Kier alpha value is -1.55. The molecule has 0 aliphatic carbocycles. The second-order valence-corrected chi connectivity index (χ2v) is 3.30. The van der Waals surface area contributed by atoms with E-state index in [0.29, 0.717) is 12.0 Å². The number of phenolic OH excluding ortho intramolecular Hbond substituents is 1. The third-order valence-corrected chi connectivity index (χ3v) is 2.22. The van der Waals surface area contributed by atoms with E-state index in [1.54, 1.807) is 12.1 Å². The van der Waals surface area contributed by atoms with Crippen LogP contribution in [0.15, 0.2) is 18.2 Å². The summed E-state index contributed by atoms with van der Waals surface area (Å²) in [5.74, 6) is -1.05. The summed E-state index contributed by atoms with van der Waals surface area (Å²) in [7, 11) is 0. The number of hydrogen-bond donors (Lipinski definition) is 2. The first-order valence-electron chi connectivity index (χ1n) is 4.87. The van der Waals surface area contributed by atoms with Gasteiger partial charge >= 0.3 is 5.97 Å². The van der Waals surface area contributed by atoms with Crippen molar-refractivity contribution >= 4 is 5.97 Å². The van der Waals surface area contributed by atoms with Crippen molar-refractivity contribution in [2.24, 2.45) is 0 Å². The van der Waals surface area contributed by atoms with Gasteiger partial charge in [-0.25, -0.2) is 4.79 Å².